The SMILES string of the molecule is CC(=O)C(C)(C)C[18F]. The van der Waals surface area contributed by atoms with E-state index in [0.29, 0.717) is 0 Å². The second-order valence-electron chi connectivity index (χ2n) is 2.57. The van der Waals surface area contributed by atoms with Crippen LogP contribution in [0.25, 0.3) is 0 Å². The van der Waals surface area contributed by atoms with Gasteiger partial charge in [0.05, 0.1) is 5.41 Å². The molecule has 0 spiro atoms. The number of rotatable bonds is 2. The van der Waals surface area contributed by atoms with E-state index in [9.17, 15) is 9.18 Å². The molecule has 0 aromatic heterocycles. The maximum Gasteiger partial charge on any atom is 0.138 e. The molecule has 0 radical (unpaired) electrons. The summed E-state index contributed by atoms with van der Waals surface area (Å²) in [6.45, 7) is 4.02. The zero-order chi connectivity index (χ0) is 6.78. The number of alkyl halides is 1. The first-order chi connectivity index (χ1) is 3.50. The van der Waals surface area contributed by atoms with Gasteiger partial charge in [0.25, 0.3) is 0 Å². The van der Waals surface area contributed by atoms with Crippen LogP contribution < -0.4 is 0 Å². The molecule has 0 saturated carbocycles. The van der Waals surface area contributed by atoms with Gasteiger partial charge >= 0.3 is 0 Å². The van der Waals surface area contributed by atoms with Crippen LogP contribution in [0.1, 0.15) is 20.8 Å². The Morgan fingerprint density at radius 3 is 2.00 bits per heavy atom. The highest BCUT2D eigenvalue weighted by Crippen LogP contribution is 2.15. The predicted octanol–water partition coefficient (Wildman–Crippen LogP) is 1.57. The number of hydrogen-bond donors (Lipinski definition) is 0. The maximum atomic E-state index is 11.8. The molecule has 0 saturated heterocycles. The van der Waals surface area contributed by atoms with Crippen LogP contribution in [0.15, 0.2) is 0 Å². The lowest BCUT2D eigenvalue weighted by Crippen LogP contribution is -2.23. The minimum absolute atomic E-state index is 0.0972. The standard InChI is InChI=1S/C6H11FO/c1-5(8)6(2,3)4-7/h4H2,1-3H3/i7-1. The third kappa shape index (κ3) is 1.60. The van der Waals surface area contributed by atoms with Gasteiger partial charge in [0.1, 0.15) is 12.5 Å². The summed E-state index contributed by atoms with van der Waals surface area (Å²) in [5.41, 5.74) is -0.764. The molecule has 0 aliphatic heterocycles. The third-order valence-electron chi connectivity index (χ3n) is 1.29. The van der Waals surface area contributed by atoms with E-state index in [-0.39, 0.29) is 5.78 Å². The maximum absolute atomic E-state index is 11.8. The summed E-state index contributed by atoms with van der Waals surface area (Å²) in [6.07, 6.45) is 0. The highest BCUT2D eigenvalue weighted by Gasteiger charge is 2.22. The number of carbonyl (C=O) groups excluding carboxylic acids is 1. The molecule has 0 rings (SSSR count). The van der Waals surface area contributed by atoms with Crippen LogP contribution >= 0.6 is 0 Å². The van der Waals surface area contributed by atoms with Crippen LogP contribution in [-0.4, -0.2) is 12.5 Å². The molecule has 0 N–H and O–H groups in total. The average Bonchev–Trinajstić information content (AvgIpc) is 1.67. The van der Waals surface area contributed by atoms with Crippen LogP contribution in [0.3, 0.4) is 0 Å². The molecule has 0 aromatic carbocycles. The van der Waals surface area contributed by atoms with Gasteiger partial charge in [-0.15, -0.1) is 0 Å². The molecule has 1 nitrogen and oxygen atoms in total. The Morgan fingerprint density at radius 2 is 2.00 bits per heavy atom. The van der Waals surface area contributed by atoms with Gasteiger partial charge in [-0.2, -0.15) is 0 Å². The third-order valence-corrected chi connectivity index (χ3v) is 1.29. The molecule has 8 heavy (non-hydrogen) atoms. The van der Waals surface area contributed by atoms with Crippen LogP contribution in [0, 0.1) is 5.41 Å². The molecule has 0 bridgehead atoms. The first-order valence-corrected chi connectivity index (χ1v) is 2.57. The van der Waals surface area contributed by atoms with E-state index in [1.54, 1.807) is 13.8 Å². The Bertz CT molecular complexity index is 96.7. The number of ketones is 1. The van der Waals surface area contributed by atoms with E-state index in [1.807, 2.05) is 0 Å². The Kier molecular flexibility index (Phi) is 2.13. The minimum Gasteiger partial charge on any atom is -0.299 e. The largest absolute Gasteiger partial charge is 0.299 e. The fourth-order valence-corrected chi connectivity index (χ4v) is 0.0941. The normalized spacial score (nSPS) is 11.5. The summed E-state index contributed by atoms with van der Waals surface area (Å²) in [6, 6.07) is 0. The fourth-order valence-electron chi connectivity index (χ4n) is 0.0941. The van der Waals surface area contributed by atoms with Gasteiger partial charge in [-0.1, -0.05) is 13.8 Å². The van der Waals surface area contributed by atoms with Crippen molar-refractivity contribution in [3.05, 3.63) is 0 Å². The van der Waals surface area contributed by atoms with Gasteiger partial charge in [0, 0.05) is 0 Å². The van der Waals surface area contributed by atoms with E-state index in [1.165, 1.54) is 6.92 Å². The predicted molar refractivity (Wildman–Crippen MR) is 30.4 cm³/mol. The Balaban J connectivity index is 3.91. The topological polar surface area (TPSA) is 17.1 Å². The Labute approximate surface area is 48.9 Å². The van der Waals surface area contributed by atoms with Crippen LogP contribution in [0.2, 0.25) is 0 Å². The molecular weight excluding hydrogens is 106 g/mol. The van der Waals surface area contributed by atoms with Crippen molar-refractivity contribution >= 4 is 5.78 Å². The second kappa shape index (κ2) is 2.25. The van der Waals surface area contributed by atoms with Gasteiger partial charge in [-0.3, -0.25) is 9.18 Å². The molecule has 48 valence electrons. The number of Topliss-reactive ketones (excluding diaryl/α,β-unsaturated/α-hetero) is 1. The Hall–Kier alpha value is -0.400. The van der Waals surface area contributed by atoms with Gasteiger partial charge in [0.15, 0.2) is 0 Å². The van der Waals surface area contributed by atoms with Crippen LogP contribution in [0.4, 0.5) is 4.39 Å². The molecule has 0 aromatic rings. The van der Waals surface area contributed by atoms with Crippen LogP contribution in [-0.2, 0) is 4.79 Å². The van der Waals surface area contributed by atoms with Gasteiger partial charge in [-0.25, -0.2) is 0 Å². The van der Waals surface area contributed by atoms with E-state index in [2.05, 4.69) is 0 Å². The summed E-state index contributed by atoms with van der Waals surface area (Å²) >= 11 is 0. The lowest BCUT2D eigenvalue weighted by atomic mass is 9.91. The summed E-state index contributed by atoms with van der Waals surface area (Å²) < 4.78 is 11.8. The molecule has 0 aliphatic carbocycles. The van der Waals surface area contributed by atoms with Gasteiger partial charge in [0.2, 0.25) is 0 Å². The second-order valence-corrected chi connectivity index (χ2v) is 2.57. The highest BCUT2D eigenvalue weighted by molar-refractivity contribution is 5.81. The average molecular weight is 117 g/mol. The molecule has 0 amide bonds. The highest BCUT2D eigenvalue weighted by atomic mass is 18.2. The Morgan fingerprint density at radius 1 is 1.62 bits per heavy atom. The van der Waals surface area contributed by atoms with E-state index in [0.717, 1.165) is 0 Å². The van der Waals surface area contributed by atoms with E-state index in [4.69, 9.17) is 0 Å². The molecule has 0 heterocycles. The van der Waals surface area contributed by atoms with Crippen molar-refractivity contribution in [1.82, 2.24) is 0 Å². The van der Waals surface area contributed by atoms with E-state index < -0.39 is 12.1 Å². The van der Waals surface area contributed by atoms with Crippen molar-refractivity contribution < 1.29 is 9.18 Å². The van der Waals surface area contributed by atoms with Crippen molar-refractivity contribution in [2.24, 2.45) is 5.41 Å². The summed E-state index contributed by atoms with van der Waals surface area (Å²) in [5, 5.41) is 0. The first-order valence-electron chi connectivity index (χ1n) is 2.57. The number of carbonyl (C=O) groups is 1. The van der Waals surface area contributed by atoms with Crippen molar-refractivity contribution in [3.63, 3.8) is 0 Å². The lowest BCUT2D eigenvalue weighted by Gasteiger charge is -2.14. The minimum atomic E-state index is -0.764. The number of halogens is 1. The van der Waals surface area contributed by atoms with Crippen molar-refractivity contribution in [2.75, 3.05) is 6.67 Å². The fraction of sp³-hybridized carbons (Fsp3) is 0.833. The number of hydrogen-bond acceptors (Lipinski definition) is 1. The lowest BCUT2D eigenvalue weighted by molar-refractivity contribution is -0.125. The molecule has 0 atom stereocenters. The monoisotopic (exact) mass is 117 g/mol. The smallest absolute Gasteiger partial charge is 0.138 e. The van der Waals surface area contributed by atoms with Gasteiger partial charge < -0.3 is 0 Å². The quantitative estimate of drug-likeness (QED) is 0.536. The molecular formula is C6H11FO. The van der Waals surface area contributed by atoms with Crippen molar-refractivity contribution in [3.8, 4) is 0 Å². The molecule has 2 heteroatoms. The van der Waals surface area contributed by atoms with Crippen molar-refractivity contribution in [2.45, 2.75) is 20.8 Å². The zero-order valence-corrected chi connectivity index (χ0v) is 5.49. The summed E-state index contributed by atoms with van der Waals surface area (Å²) in [5.74, 6) is -0.0972. The molecule has 0 unspecified atom stereocenters. The first kappa shape index (κ1) is 7.60. The van der Waals surface area contributed by atoms with Crippen LogP contribution in [0.5, 0.6) is 0 Å². The molecule has 0 aliphatic rings. The molecule has 0 fully saturated rings. The van der Waals surface area contributed by atoms with Crippen molar-refractivity contribution in [1.29, 1.82) is 0 Å². The summed E-state index contributed by atoms with van der Waals surface area (Å²) in [7, 11) is 0. The zero-order valence-electron chi connectivity index (χ0n) is 5.49. The summed E-state index contributed by atoms with van der Waals surface area (Å²) in [4.78, 5) is 10.5. The van der Waals surface area contributed by atoms with E-state index >= 15 is 0 Å². The van der Waals surface area contributed by atoms with Gasteiger partial charge in [-0.05, 0) is 6.92 Å².